The minimum atomic E-state index is -0.790. The van der Waals surface area contributed by atoms with Gasteiger partial charge in [-0.3, -0.25) is 9.59 Å². The molecule has 3 N–H and O–H groups in total. The van der Waals surface area contributed by atoms with Crippen LogP contribution in [-0.4, -0.2) is 17.9 Å². The molecule has 144 valence electrons. The number of fused-ring (bicyclic) bond motifs is 2. The fourth-order valence-corrected chi connectivity index (χ4v) is 3.77. The van der Waals surface area contributed by atoms with Gasteiger partial charge in [-0.25, -0.2) is 0 Å². The molecule has 0 aliphatic heterocycles. The second kappa shape index (κ2) is 7.76. The van der Waals surface area contributed by atoms with Gasteiger partial charge in [0.05, 0.1) is 5.56 Å². The number of primary amides is 1. The smallest absolute Gasteiger partial charge is 0.253 e. The van der Waals surface area contributed by atoms with Crippen LogP contribution >= 0.6 is 0 Å². The summed E-state index contributed by atoms with van der Waals surface area (Å²) in [5.41, 5.74) is 8.24. The van der Waals surface area contributed by atoms with E-state index >= 15 is 0 Å². The fourth-order valence-electron chi connectivity index (χ4n) is 3.77. The van der Waals surface area contributed by atoms with Gasteiger partial charge in [0.15, 0.2) is 0 Å². The first kappa shape index (κ1) is 18.7. The zero-order valence-electron chi connectivity index (χ0n) is 16.2. The Labute approximate surface area is 169 Å². The van der Waals surface area contributed by atoms with Gasteiger partial charge < -0.3 is 11.1 Å². The quantitative estimate of drug-likeness (QED) is 0.510. The Kier molecular flexibility index (Phi) is 5.00. The minimum Gasteiger partial charge on any atom is -0.368 e. The third-order valence-corrected chi connectivity index (χ3v) is 5.33. The number of amides is 2. The molecule has 0 heterocycles. The van der Waals surface area contributed by atoms with E-state index in [-0.39, 0.29) is 5.91 Å². The number of aryl methyl sites for hydroxylation is 1. The largest absolute Gasteiger partial charge is 0.368 e. The second-order valence-electron chi connectivity index (χ2n) is 7.25. The fraction of sp³-hybridized carbons (Fsp3) is 0.120. The van der Waals surface area contributed by atoms with E-state index in [0.717, 1.165) is 32.7 Å². The van der Waals surface area contributed by atoms with E-state index in [2.05, 4.69) is 11.4 Å². The molecule has 0 aromatic heterocycles. The van der Waals surface area contributed by atoms with E-state index in [4.69, 9.17) is 5.73 Å². The maximum atomic E-state index is 13.3. The second-order valence-corrected chi connectivity index (χ2v) is 7.25. The van der Waals surface area contributed by atoms with E-state index in [1.54, 1.807) is 0 Å². The number of hydrogen-bond donors (Lipinski definition) is 2. The van der Waals surface area contributed by atoms with Crippen molar-refractivity contribution >= 4 is 33.4 Å². The predicted octanol–water partition coefficient (Wildman–Crippen LogP) is 4.13. The molecule has 4 aromatic carbocycles. The lowest BCUT2D eigenvalue weighted by Gasteiger charge is -2.18. The Hall–Kier alpha value is -3.66. The molecule has 0 fully saturated rings. The molecule has 2 amide bonds. The zero-order valence-corrected chi connectivity index (χ0v) is 16.2. The molecule has 0 saturated heterocycles. The first-order chi connectivity index (χ1) is 14.0. The van der Waals surface area contributed by atoms with Crippen LogP contribution in [-0.2, 0) is 11.2 Å². The molecule has 0 spiro atoms. The Morgan fingerprint density at radius 3 is 2.00 bits per heavy atom. The summed E-state index contributed by atoms with van der Waals surface area (Å²) in [6, 6.07) is 24.6. The van der Waals surface area contributed by atoms with Crippen LogP contribution in [0.5, 0.6) is 0 Å². The van der Waals surface area contributed by atoms with Crippen molar-refractivity contribution in [2.45, 2.75) is 19.4 Å². The van der Waals surface area contributed by atoms with E-state index < -0.39 is 11.9 Å². The van der Waals surface area contributed by atoms with Crippen molar-refractivity contribution in [2.75, 3.05) is 0 Å². The van der Waals surface area contributed by atoms with Crippen molar-refractivity contribution in [3.63, 3.8) is 0 Å². The first-order valence-electron chi connectivity index (χ1n) is 9.60. The van der Waals surface area contributed by atoms with Crippen molar-refractivity contribution in [3.8, 4) is 0 Å². The molecule has 0 saturated carbocycles. The minimum absolute atomic E-state index is 0.296. The van der Waals surface area contributed by atoms with Gasteiger partial charge in [0.1, 0.15) is 6.04 Å². The Bertz CT molecular complexity index is 1180. The van der Waals surface area contributed by atoms with Gasteiger partial charge in [0.25, 0.3) is 5.91 Å². The lowest BCUT2D eigenvalue weighted by atomic mass is 9.95. The van der Waals surface area contributed by atoms with E-state index in [1.165, 1.54) is 0 Å². The maximum absolute atomic E-state index is 13.3. The molecule has 0 radical (unpaired) electrons. The van der Waals surface area contributed by atoms with Gasteiger partial charge in [-0.1, -0.05) is 72.8 Å². The SMILES string of the molecule is Cc1ccccc1C[C@@H](NC(=O)c1c2ccccc2cc2ccccc12)C(N)=O. The van der Waals surface area contributed by atoms with Crippen LogP contribution in [0.3, 0.4) is 0 Å². The number of carbonyl (C=O) groups excluding carboxylic acids is 2. The molecule has 0 aliphatic carbocycles. The van der Waals surface area contributed by atoms with Crippen molar-refractivity contribution in [2.24, 2.45) is 5.73 Å². The van der Waals surface area contributed by atoms with Gasteiger partial charge in [-0.15, -0.1) is 0 Å². The third kappa shape index (κ3) is 3.69. The summed E-state index contributed by atoms with van der Waals surface area (Å²) in [7, 11) is 0. The monoisotopic (exact) mass is 382 g/mol. The van der Waals surface area contributed by atoms with Crippen molar-refractivity contribution in [3.05, 3.63) is 95.6 Å². The van der Waals surface area contributed by atoms with Crippen LogP contribution in [0.2, 0.25) is 0 Å². The molecular formula is C25H22N2O2. The van der Waals surface area contributed by atoms with Crippen LogP contribution in [0, 0.1) is 6.92 Å². The number of hydrogen-bond acceptors (Lipinski definition) is 2. The molecule has 29 heavy (non-hydrogen) atoms. The summed E-state index contributed by atoms with van der Waals surface area (Å²) < 4.78 is 0. The van der Waals surface area contributed by atoms with Crippen molar-refractivity contribution in [1.82, 2.24) is 5.32 Å². The summed E-state index contributed by atoms with van der Waals surface area (Å²) in [6.45, 7) is 1.98. The molecule has 0 aliphatic rings. The molecular weight excluding hydrogens is 360 g/mol. The molecule has 4 aromatic rings. The molecule has 0 bridgehead atoms. The summed E-state index contributed by atoms with van der Waals surface area (Å²) in [5, 5.41) is 6.53. The number of benzene rings is 4. The topological polar surface area (TPSA) is 72.2 Å². The van der Waals surface area contributed by atoms with Gasteiger partial charge in [0, 0.05) is 6.42 Å². The summed E-state index contributed by atoms with van der Waals surface area (Å²) in [4.78, 5) is 25.5. The van der Waals surface area contributed by atoms with E-state index in [9.17, 15) is 9.59 Å². The number of carbonyl (C=O) groups is 2. The van der Waals surface area contributed by atoms with Gasteiger partial charge in [0.2, 0.25) is 5.91 Å². The summed E-state index contributed by atoms with van der Waals surface area (Å²) in [6.07, 6.45) is 0.358. The third-order valence-electron chi connectivity index (χ3n) is 5.33. The summed E-state index contributed by atoms with van der Waals surface area (Å²) in [5.74, 6) is -0.846. The highest BCUT2D eigenvalue weighted by molar-refractivity contribution is 6.18. The number of rotatable bonds is 5. The van der Waals surface area contributed by atoms with Crippen LogP contribution < -0.4 is 11.1 Å². The van der Waals surface area contributed by atoms with Crippen molar-refractivity contribution in [1.29, 1.82) is 0 Å². The van der Waals surface area contributed by atoms with Crippen LogP contribution in [0.1, 0.15) is 21.5 Å². The van der Waals surface area contributed by atoms with Gasteiger partial charge in [-0.2, -0.15) is 0 Å². The zero-order chi connectivity index (χ0) is 20.4. The number of nitrogens with two attached hydrogens (primary N) is 1. The van der Waals surface area contributed by atoms with E-state index in [0.29, 0.717) is 12.0 Å². The average molecular weight is 382 g/mol. The normalized spacial score (nSPS) is 12.0. The Balaban J connectivity index is 1.75. The highest BCUT2D eigenvalue weighted by Gasteiger charge is 2.22. The molecule has 4 rings (SSSR count). The number of nitrogens with one attached hydrogen (secondary N) is 1. The molecule has 4 heteroatoms. The van der Waals surface area contributed by atoms with E-state index in [1.807, 2.05) is 79.7 Å². The highest BCUT2D eigenvalue weighted by Crippen LogP contribution is 2.28. The highest BCUT2D eigenvalue weighted by atomic mass is 16.2. The van der Waals surface area contributed by atoms with Crippen LogP contribution in [0.4, 0.5) is 0 Å². The van der Waals surface area contributed by atoms with Gasteiger partial charge in [-0.05, 0) is 45.7 Å². The molecule has 4 nitrogen and oxygen atoms in total. The lowest BCUT2D eigenvalue weighted by molar-refractivity contribution is -0.119. The molecule has 0 unspecified atom stereocenters. The van der Waals surface area contributed by atoms with Crippen LogP contribution in [0.15, 0.2) is 78.9 Å². The Morgan fingerprint density at radius 1 is 0.862 bits per heavy atom. The predicted molar refractivity (Wildman–Crippen MR) is 117 cm³/mol. The summed E-state index contributed by atoms with van der Waals surface area (Å²) >= 11 is 0. The first-order valence-corrected chi connectivity index (χ1v) is 9.60. The maximum Gasteiger partial charge on any atom is 0.253 e. The standard InChI is InChI=1S/C25H22N2O2/c1-16-8-2-3-9-17(16)15-22(24(26)28)27-25(29)23-20-12-6-4-10-18(20)14-19-11-5-7-13-21(19)23/h2-14,22H,15H2,1H3,(H2,26,28)(H,27,29)/t22-/m1/s1. The molecule has 1 atom stereocenters. The van der Waals surface area contributed by atoms with Gasteiger partial charge >= 0.3 is 0 Å². The van der Waals surface area contributed by atoms with Crippen molar-refractivity contribution < 1.29 is 9.59 Å². The van der Waals surface area contributed by atoms with Crippen LogP contribution in [0.25, 0.3) is 21.5 Å². The average Bonchev–Trinajstić information content (AvgIpc) is 2.72. The lowest BCUT2D eigenvalue weighted by Crippen LogP contribution is -2.46. The Morgan fingerprint density at radius 2 is 1.41 bits per heavy atom.